The van der Waals surface area contributed by atoms with Crippen LogP contribution in [0.2, 0.25) is 0 Å². The van der Waals surface area contributed by atoms with E-state index in [4.69, 9.17) is 0 Å². The maximum Gasteiger partial charge on any atom is 0.151 e. The Labute approximate surface area is 154 Å². The van der Waals surface area contributed by atoms with Gasteiger partial charge in [-0.2, -0.15) is 0 Å². The minimum atomic E-state index is -0.641. The Kier molecular flexibility index (Phi) is 5.05. The van der Waals surface area contributed by atoms with Crippen LogP contribution in [0, 0.1) is 26.7 Å². The third-order valence-corrected chi connectivity index (χ3v) is 5.27. The lowest BCUT2D eigenvalue weighted by molar-refractivity contribution is -0.124. The van der Waals surface area contributed by atoms with Crippen LogP contribution in [0.4, 0.5) is 0 Å². The van der Waals surface area contributed by atoms with Gasteiger partial charge >= 0.3 is 0 Å². The molecule has 136 valence electrons. The molecule has 1 aliphatic carbocycles. The Hall–Kier alpha value is -2.33. The number of nitrogens with zero attached hydrogens (tertiary/aromatic N) is 1. The number of aromatic nitrogens is 1. The second kappa shape index (κ2) is 7.12. The number of ketones is 2. The molecule has 3 atom stereocenters. The summed E-state index contributed by atoms with van der Waals surface area (Å²) in [5.74, 6) is -0.947. The molecule has 4 nitrogen and oxygen atoms in total. The van der Waals surface area contributed by atoms with E-state index in [0.717, 1.165) is 33.5 Å². The summed E-state index contributed by atoms with van der Waals surface area (Å²) in [4.78, 5) is 30.0. The molecule has 0 radical (unpaired) electrons. The first-order valence-corrected chi connectivity index (χ1v) is 9.05. The van der Waals surface area contributed by atoms with Crippen LogP contribution in [-0.4, -0.2) is 21.7 Å². The molecule has 1 aromatic carbocycles. The van der Waals surface area contributed by atoms with Gasteiger partial charge in [-0.1, -0.05) is 23.8 Å². The van der Waals surface area contributed by atoms with Crippen LogP contribution in [0.25, 0.3) is 0 Å². The number of carbonyl (C=O) groups excluding carboxylic acids is 2. The molecule has 2 aromatic rings. The molecule has 4 heteroatoms. The molecule has 1 aliphatic rings. The van der Waals surface area contributed by atoms with Gasteiger partial charge in [-0.05, 0) is 62.4 Å². The average molecular weight is 351 g/mol. The SMILES string of the molecule is Cc1cc(C)c(C2C(=O)CC(Cc3ccc(C(C)O)cn3)C2=O)c(C)c1. The van der Waals surface area contributed by atoms with Crippen LogP contribution < -0.4 is 0 Å². The quantitative estimate of drug-likeness (QED) is 0.856. The van der Waals surface area contributed by atoms with E-state index < -0.39 is 12.0 Å². The number of pyridine rings is 1. The fraction of sp³-hybridized carbons (Fsp3) is 0.409. The zero-order valence-corrected chi connectivity index (χ0v) is 15.7. The highest BCUT2D eigenvalue weighted by Crippen LogP contribution is 2.37. The van der Waals surface area contributed by atoms with Crippen molar-refractivity contribution in [2.24, 2.45) is 5.92 Å². The monoisotopic (exact) mass is 351 g/mol. The number of hydrogen-bond acceptors (Lipinski definition) is 4. The highest BCUT2D eigenvalue weighted by atomic mass is 16.3. The zero-order chi connectivity index (χ0) is 19.0. The van der Waals surface area contributed by atoms with Crippen molar-refractivity contribution in [3.8, 4) is 0 Å². The second-order valence-corrected chi connectivity index (χ2v) is 7.48. The Balaban J connectivity index is 1.83. The van der Waals surface area contributed by atoms with Gasteiger partial charge in [-0.25, -0.2) is 0 Å². The molecule has 1 saturated carbocycles. The van der Waals surface area contributed by atoms with Gasteiger partial charge < -0.3 is 5.11 Å². The van der Waals surface area contributed by atoms with Crippen molar-refractivity contribution in [1.82, 2.24) is 4.98 Å². The Morgan fingerprint density at radius 2 is 1.81 bits per heavy atom. The highest BCUT2D eigenvalue weighted by Gasteiger charge is 2.43. The first kappa shape index (κ1) is 18.5. The Bertz CT molecular complexity index is 829. The van der Waals surface area contributed by atoms with E-state index in [2.05, 4.69) is 4.98 Å². The molecule has 1 N–H and O–H groups in total. The number of aliphatic hydroxyl groups excluding tert-OH is 1. The van der Waals surface area contributed by atoms with Gasteiger partial charge in [0, 0.05) is 24.2 Å². The molecular weight excluding hydrogens is 326 g/mol. The lowest BCUT2D eigenvalue weighted by Crippen LogP contribution is -2.19. The largest absolute Gasteiger partial charge is 0.389 e. The Morgan fingerprint density at radius 1 is 1.15 bits per heavy atom. The summed E-state index contributed by atoms with van der Waals surface area (Å²) in [7, 11) is 0. The normalized spacial score (nSPS) is 21.3. The second-order valence-electron chi connectivity index (χ2n) is 7.48. The van der Waals surface area contributed by atoms with E-state index in [0.29, 0.717) is 6.42 Å². The van der Waals surface area contributed by atoms with Gasteiger partial charge in [0.25, 0.3) is 0 Å². The highest BCUT2D eigenvalue weighted by molar-refractivity contribution is 6.15. The number of benzene rings is 1. The van der Waals surface area contributed by atoms with Crippen molar-refractivity contribution >= 4 is 11.6 Å². The number of hydrogen-bond donors (Lipinski definition) is 1. The molecule has 1 aromatic heterocycles. The smallest absolute Gasteiger partial charge is 0.151 e. The number of carbonyl (C=O) groups is 2. The van der Waals surface area contributed by atoms with Crippen LogP contribution in [0.3, 0.4) is 0 Å². The molecule has 0 saturated heterocycles. The summed E-state index contributed by atoms with van der Waals surface area (Å²) >= 11 is 0. The number of aliphatic hydroxyl groups is 1. The predicted octanol–water partition coefficient (Wildman–Crippen LogP) is 3.54. The van der Waals surface area contributed by atoms with Gasteiger partial charge in [0.2, 0.25) is 0 Å². The van der Waals surface area contributed by atoms with E-state index in [1.807, 2.05) is 45.0 Å². The number of Topliss-reactive ketones (excluding diaryl/α,β-unsaturated/α-hetero) is 2. The molecular formula is C22H25NO3. The minimum absolute atomic E-state index is 0.00598. The van der Waals surface area contributed by atoms with Gasteiger partial charge in [-0.3, -0.25) is 14.6 Å². The van der Waals surface area contributed by atoms with Gasteiger partial charge in [0.15, 0.2) is 5.78 Å². The summed E-state index contributed by atoms with van der Waals surface area (Å²) < 4.78 is 0. The first-order valence-electron chi connectivity index (χ1n) is 9.05. The van der Waals surface area contributed by atoms with Crippen LogP contribution >= 0.6 is 0 Å². The minimum Gasteiger partial charge on any atom is -0.389 e. The van der Waals surface area contributed by atoms with Gasteiger partial charge in [0.05, 0.1) is 6.10 Å². The lowest BCUT2D eigenvalue weighted by Gasteiger charge is -2.16. The molecule has 3 unspecified atom stereocenters. The fourth-order valence-electron chi connectivity index (χ4n) is 4.03. The summed E-state index contributed by atoms with van der Waals surface area (Å²) in [5.41, 5.74) is 5.56. The van der Waals surface area contributed by atoms with Crippen molar-refractivity contribution in [1.29, 1.82) is 0 Å². The third kappa shape index (κ3) is 3.47. The molecule has 0 aliphatic heterocycles. The summed E-state index contributed by atoms with van der Waals surface area (Å²) in [6, 6.07) is 7.72. The van der Waals surface area contributed by atoms with Gasteiger partial charge in [0.1, 0.15) is 11.7 Å². The molecule has 26 heavy (non-hydrogen) atoms. The first-order chi connectivity index (χ1) is 12.3. The molecule has 0 spiro atoms. The van der Waals surface area contributed by atoms with E-state index >= 15 is 0 Å². The van der Waals surface area contributed by atoms with Crippen molar-refractivity contribution < 1.29 is 14.7 Å². The average Bonchev–Trinajstić information content (AvgIpc) is 2.82. The summed E-state index contributed by atoms with van der Waals surface area (Å²) in [6.45, 7) is 7.65. The maximum atomic E-state index is 13.0. The topological polar surface area (TPSA) is 67.3 Å². The van der Waals surface area contributed by atoms with Crippen LogP contribution in [0.5, 0.6) is 0 Å². The maximum absolute atomic E-state index is 13.0. The molecule has 0 bridgehead atoms. The van der Waals surface area contributed by atoms with Crippen molar-refractivity contribution in [2.75, 3.05) is 0 Å². The third-order valence-electron chi connectivity index (χ3n) is 5.27. The van der Waals surface area contributed by atoms with Crippen molar-refractivity contribution in [3.05, 3.63) is 64.0 Å². The predicted molar refractivity (Wildman–Crippen MR) is 100 cm³/mol. The van der Waals surface area contributed by atoms with Crippen LogP contribution in [-0.2, 0) is 16.0 Å². The van der Waals surface area contributed by atoms with E-state index in [-0.39, 0.29) is 23.9 Å². The lowest BCUT2D eigenvalue weighted by atomic mass is 9.86. The number of aryl methyl sites for hydroxylation is 3. The van der Waals surface area contributed by atoms with Crippen LogP contribution in [0.15, 0.2) is 30.5 Å². The summed E-state index contributed by atoms with van der Waals surface area (Å²) in [6.07, 6.45) is 1.80. The zero-order valence-electron chi connectivity index (χ0n) is 15.7. The van der Waals surface area contributed by atoms with Crippen molar-refractivity contribution in [2.45, 2.75) is 52.6 Å². The Morgan fingerprint density at radius 3 is 2.35 bits per heavy atom. The van der Waals surface area contributed by atoms with Gasteiger partial charge in [-0.15, -0.1) is 0 Å². The van der Waals surface area contributed by atoms with E-state index in [1.165, 1.54) is 0 Å². The number of rotatable bonds is 4. The van der Waals surface area contributed by atoms with E-state index in [9.17, 15) is 14.7 Å². The fourth-order valence-corrected chi connectivity index (χ4v) is 4.03. The molecule has 3 rings (SSSR count). The standard InChI is InChI=1S/C22H25NO3/c1-12-7-13(2)20(14(3)8-12)21-19(25)10-17(22(21)26)9-18-6-5-16(11-23-18)15(4)24/h5-8,11,15,17,21,24H,9-10H2,1-4H3. The summed E-state index contributed by atoms with van der Waals surface area (Å²) in [5, 5.41) is 9.57. The molecule has 1 fully saturated rings. The van der Waals surface area contributed by atoms with E-state index in [1.54, 1.807) is 13.1 Å². The molecule has 1 heterocycles. The molecule has 0 amide bonds. The van der Waals surface area contributed by atoms with Crippen LogP contribution in [0.1, 0.15) is 58.9 Å². The van der Waals surface area contributed by atoms with Crippen molar-refractivity contribution in [3.63, 3.8) is 0 Å².